The Morgan fingerprint density at radius 1 is 0.706 bits per heavy atom. The minimum absolute atomic E-state index is 0.00496. The molecule has 298 valence electrons. The third-order valence-electron chi connectivity index (χ3n) is 8.83. The first-order valence-corrected chi connectivity index (χ1v) is 21.9. The molecule has 0 spiro atoms. The maximum Gasteiger partial charge on any atom is 0.268 e. The number of aliphatic hydroxyl groups excluding tert-OH is 1. The van der Waals surface area contributed by atoms with Crippen LogP contribution >= 0.6 is 7.82 Å². The number of rotatable bonds is 36. The molecule has 0 aliphatic heterocycles. The van der Waals surface area contributed by atoms with Crippen molar-refractivity contribution in [1.82, 2.24) is 5.32 Å². The van der Waals surface area contributed by atoms with Crippen LogP contribution in [0.4, 0.5) is 0 Å². The van der Waals surface area contributed by atoms with Crippen LogP contribution in [-0.4, -0.2) is 68.5 Å². The van der Waals surface area contributed by atoms with E-state index in [4.69, 9.17) is 9.05 Å². The molecule has 8 nitrogen and oxygen atoms in total. The number of hydrogen-bond acceptors (Lipinski definition) is 6. The number of hydrogen-bond donors (Lipinski definition) is 2. The number of aliphatic hydroxyl groups is 1. The SMILES string of the molecule is CC/C=C\C/C=C\C/C=C\C/C=C\CCCCCCC(=O)NC(COP(=O)([O-])OCC[N+](C)(C)C)C(O)CCCCCCCCCCCCCC. The summed E-state index contributed by atoms with van der Waals surface area (Å²) >= 11 is 0. The lowest BCUT2D eigenvalue weighted by Gasteiger charge is -2.30. The average Bonchev–Trinajstić information content (AvgIpc) is 3.07. The highest BCUT2D eigenvalue weighted by Crippen LogP contribution is 2.38. The summed E-state index contributed by atoms with van der Waals surface area (Å²) in [4.78, 5) is 25.2. The summed E-state index contributed by atoms with van der Waals surface area (Å²) in [5.74, 6) is -0.192. The van der Waals surface area contributed by atoms with E-state index >= 15 is 0 Å². The van der Waals surface area contributed by atoms with Gasteiger partial charge >= 0.3 is 0 Å². The third kappa shape index (κ3) is 36.6. The average molecular weight is 739 g/mol. The van der Waals surface area contributed by atoms with Gasteiger partial charge in [-0.3, -0.25) is 9.36 Å². The molecule has 51 heavy (non-hydrogen) atoms. The van der Waals surface area contributed by atoms with Crippen LogP contribution in [-0.2, 0) is 18.4 Å². The minimum atomic E-state index is -4.57. The number of carbonyl (C=O) groups excluding carboxylic acids is 1. The highest BCUT2D eigenvalue weighted by molar-refractivity contribution is 7.45. The molecule has 0 radical (unpaired) electrons. The van der Waals surface area contributed by atoms with Gasteiger partial charge in [0, 0.05) is 6.42 Å². The Labute approximate surface area is 314 Å². The largest absolute Gasteiger partial charge is 0.756 e. The second-order valence-corrected chi connectivity index (χ2v) is 16.4. The summed E-state index contributed by atoms with van der Waals surface area (Å²) in [6.45, 7) is 4.56. The molecule has 0 aromatic heterocycles. The number of phosphoric ester groups is 1. The van der Waals surface area contributed by atoms with E-state index in [1.807, 2.05) is 21.1 Å². The first-order chi connectivity index (χ1) is 24.5. The van der Waals surface area contributed by atoms with Gasteiger partial charge < -0.3 is 28.8 Å². The normalized spacial score (nSPS) is 15.0. The number of quaternary nitrogens is 1. The van der Waals surface area contributed by atoms with E-state index in [2.05, 4.69) is 67.8 Å². The molecule has 9 heteroatoms. The smallest absolute Gasteiger partial charge is 0.268 e. The summed E-state index contributed by atoms with van der Waals surface area (Å²) < 4.78 is 23.2. The van der Waals surface area contributed by atoms with Gasteiger partial charge in [-0.1, -0.05) is 152 Å². The van der Waals surface area contributed by atoms with Crippen LogP contribution in [0.1, 0.15) is 162 Å². The van der Waals surface area contributed by atoms with E-state index in [0.717, 1.165) is 77.0 Å². The van der Waals surface area contributed by atoms with Gasteiger partial charge in [0.1, 0.15) is 13.2 Å². The number of amides is 1. The lowest BCUT2D eigenvalue weighted by molar-refractivity contribution is -0.870. The zero-order chi connectivity index (χ0) is 37.9. The van der Waals surface area contributed by atoms with Gasteiger partial charge in [-0.2, -0.15) is 0 Å². The number of phosphoric acid groups is 1. The van der Waals surface area contributed by atoms with Crippen LogP contribution in [0.15, 0.2) is 48.6 Å². The van der Waals surface area contributed by atoms with Crippen LogP contribution in [0.25, 0.3) is 0 Å². The summed E-state index contributed by atoms with van der Waals surface area (Å²) in [6.07, 6.45) is 41.1. The molecule has 3 atom stereocenters. The van der Waals surface area contributed by atoms with E-state index in [0.29, 0.717) is 23.9 Å². The van der Waals surface area contributed by atoms with E-state index < -0.39 is 20.0 Å². The molecule has 0 aromatic carbocycles. The zero-order valence-corrected chi connectivity index (χ0v) is 34.4. The van der Waals surface area contributed by atoms with Crippen molar-refractivity contribution >= 4 is 13.7 Å². The Morgan fingerprint density at radius 2 is 1.20 bits per heavy atom. The van der Waals surface area contributed by atoms with Gasteiger partial charge in [0.25, 0.3) is 7.82 Å². The van der Waals surface area contributed by atoms with Crippen molar-refractivity contribution in [2.75, 3.05) is 40.9 Å². The number of allylic oxidation sites excluding steroid dienone is 8. The van der Waals surface area contributed by atoms with Crippen molar-refractivity contribution in [1.29, 1.82) is 0 Å². The van der Waals surface area contributed by atoms with Gasteiger partial charge in [0.15, 0.2) is 0 Å². The number of nitrogens with one attached hydrogen (secondary N) is 1. The fourth-order valence-electron chi connectivity index (χ4n) is 5.56. The maximum absolute atomic E-state index is 12.8. The lowest BCUT2D eigenvalue weighted by Crippen LogP contribution is -2.46. The molecule has 0 bridgehead atoms. The molecule has 3 unspecified atom stereocenters. The van der Waals surface area contributed by atoms with Crippen LogP contribution in [0.3, 0.4) is 0 Å². The van der Waals surface area contributed by atoms with Crippen LogP contribution < -0.4 is 10.2 Å². The molecule has 0 saturated carbocycles. The van der Waals surface area contributed by atoms with Gasteiger partial charge in [0.05, 0.1) is 39.9 Å². The fourth-order valence-corrected chi connectivity index (χ4v) is 6.28. The maximum atomic E-state index is 12.8. The number of likely N-dealkylation sites (N-methyl/N-ethyl adjacent to an activating group) is 1. The van der Waals surface area contributed by atoms with Crippen molar-refractivity contribution in [2.45, 2.75) is 174 Å². The molecule has 0 fully saturated rings. The fraction of sp³-hybridized carbons (Fsp3) is 0.786. The number of carbonyl (C=O) groups is 1. The van der Waals surface area contributed by atoms with Gasteiger partial charge in [-0.15, -0.1) is 0 Å². The first kappa shape index (κ1) is 49.5. The predicted molar refractivity (Wildman–Crippen MR) is 214 cm³/mol. The monoisotopic (exact) mass is 739 g/mol. The molecule has 0 heterocycles. The minimum Gasteiger partial charge on any atom is -0.756 e. The highest BCUT2D eigenvalue weighted by atomic mass is 31.2. The molecule has 1 amide bonds. The Balaban J connectivity index is 4.47. The van der Waals surface area contributed by atoms with E-state index in [1.165, 1.54) is 57.8 Å². The molecule has 0 aliphatic rings. The second-order valence-electron chi connectivity index (χ2n) is 15.0. The van der Waals surface area contributed by atoms with Crippen molar-refractivity contribution in [2.24, 2.45) is 0 Å². The standard InChI is InChI=1S/C42H79N2O6P/c1-6-8-10-12-14-16-18-20-21-22-23-24-26-28-30-32-34-36-42(46)43-40(39-50-51(47,48)49-38-37-44(3,4)5)41(45)35-33-31-29-27-25-19-17-15-13-11-9-7-2/h8,10,14,16,20-21,23-24,40-41,45H,6-7,9,11-13,15,17-19,22,25-39H2,1-5H3,(H-,43,46,47,48)/b10-8-,16-14-,21-20-,24-23-. The highest BCUT2D eigenvalue weighted by Gasteiger charge is 2.24. The lowest BCUT2D eigenvalue weighted by atomic mass is 10.0. The first-order valence-electron chi connectivity index (χ1n) is 20.5. The molecule has 0 aliphatic carbocycles. The second kappa shape index (κ2) is 34.2. The van der Waals surface area contributed by atoms with Gasteiger partial charge in [-0.05, 0) is 51.4 Å². The molecule has 0 aromatic rings. The molecular weight excluding hydrogens is 659 g/mol. The van der Waals surface area contributed by atoms with Crippen molar-refractivity contribution < 1.29 is 32.9 Å². The van der Waals surface area contributed by atoms with Crippen molar-refractivity contribution in [3.05, 3.63) is 48.6 Å². The van der Waals surface area contributed by atoms with Crippen molar-refractivity contribution in [3.8, 4) is 0 Å². The summed E-state index contributed by atoms with van der Waals surface area (Å²) in [5, 5.41) is 13.8. The zero-order valence-electron chi connectivity index (χ0n) is 33.5. The third-order valence-corrected chi connectivity index (χ3v) is 9.80. The summed E-state index contributed by atoms with van der Waals surface area (Å²) in [7, 11) is 1.28. The quantitative estimate of drug-likeness (QED) is 0.0287. The number of nitrogens with zero attached hydrogens (tertiary/aromatic N) is 1. The van der Waals surface area contributed by atoms with Gasteiger partial charge in [0.2, 0.25) is 5.91 Å². The Morgan fingerprint density at radius 3 is 1.75 bits per heavy atom. The van der Waals surface area contributed by atoms with Crippen LogP contribution in [0.5, 0.6) is 0 Å². The molecule has 0 rings (SSSR count). The van der Waals surface area contributed by atoms with Crippen LogP contribution in [0.2, 0.25) is 0 Å². The Bertz CT molecular complexity index is 975. The van der Waals surface area contributed by atoms with Gasteiger partial charge in [-0.25, -0.2) is 0 Å². The van der Waals surface area contributed by atoms with E-state index in [1.54, 1.807) is 0 Å². The van der Waals surface area contributed by atoms with Crippen LogP contribution in [0, 0.1) is 0 Å². The predicted octanol–water partition coefficient (Wildman–Crippen LogP) is 10.3. The summed E-state index contributed by atoms with van der Waals surface area (Å²) in [5.41, 5.74) is 0. The van der Waals surface area contributed by atoms with E-state index in [-0.39, 0.29) is 19.1 Å². The number of unbranched alkanes of at least 4 members (excludes halogenated alkanes) is 15. The Kier molecular flexibility index (Phi) is 33.2. The van der Waals surface area contributed by atoms with E-state index in [9.17, 15) is 19.4 Å². The molecule has 0 saturated heterocycles. The Hall–Kier alpha value is -1.54. The van der Waals surface area contributed by atoms with Crippen molar-refractivity contribution in [3.63, 3.8) is 0 Å². The summed E-state index contributed by atoms with van der Waals surface area (Å²) in [6, 6.07) is -0.812. The molecule has 2 N–H and O–H groups in total. The topological polar surface area (TPSA) is 108 Å². The molecular formula is C42H79N2O6P.